The topological polar surface area (TPSA) is 75.4 Å². The minimum Gasteiger partial charge on any atom is -0.369 e. The highest BCUT2D eigenvalue weighted by Crippen LogP contribution is 2.37. The third kappa shape index (κ3) is 3.35. The molecule has 1 aliphatic heterocycles. The van der Waals surface area contributed by atoms with Crippen LogP contribution in [0.15, 0.2) is 24.3 Å². The summed E-state index contributed by atoms with van der Waals surface area (Å²) in [5.41, 5.74) is 7.37. The molecule has 0 bridgehead atoms. The normalized spacial score (nSPS) is 21.0. The highest BCUT2D eigenvalue weighted by Gasteiger charge is 2.33. The molecule has 0 radical (unpaired) electrons. The molecule has 5 heteroatoms. The molecular formula is C16H23N3O2. The first-order chi connectivity index (χ1) is 9.90. The van der Waals surface area contributed by atoms with Crippen molar-refractivity contribution in [1.29, 1.82) is 0 Å². The molecule has 0 saturated heterocycles. The molecule has 0 aromatic heterocycles. The fraction of sp³-hybridized carbons (Fsp3) is 0.500. The van der Waals surface area contributed by atoms with Crippen LogP contribution in [0.1, 0.15) is 38.7 Å². The van der Waals surface area contributed by atoms with E-state index in [1.165, 1.54) is 0 Å². The Hall–Kier alpha value is -2.04. The van der Waals surface area contributed by atoms with Crippen molar-refractivity contribution in [3.63, 3.8) is 0 Å². The van der Waals surface area contributed by atoms with Gasteiger partial charge < -0.3 is 16.0 Å². The van der Waals surface area contributed by atoms with Crippen LogP contribution in [-0.2, 0) is 9.59 Å². The first kappa shape index (κ1) is 15.4. The van der Waals surface area contributed by atoms with Gasteiger partial charge in [0, 0.05) is 17.8 Å². The number of anilines is 1. The Morgan fingerprint density at radius 1 is 1.38 bits per heavy atom. The molecule has 1 aromatic rings. The molecule has 1 heterocycles. The number of carbonyl (C=O) groups excluding carboxylic acids is 2. The van der Waals surface area contributed by atoms with E-state index in [-0.39, 0.29) is 29.8 Å². The quantitative estimate of drug-likeness (QED) is 0.879. The molecule has 1 aromatic carbocycles. The molecule has 0 aliphatic carbocycles. The van der Waals surface area contributed by atoms with E-state index in [1.54, 1.807) is 0 Å². The highest BCUT2D eigenvalue weighted by molar-refractivity contribution is 5.87. The predicted molar refractivity (Wildman–Crippen MR) is 83.1 cm³/mol. The Morgan fingerprint density at radius 2 is 2.05 bits per heavy atom. The second-order valence-corrected chi connectivity index (χ2v) is 5.95. The summed E-state index contributed by atoms with van der Waals surface area (Å²) >= 11 is 0. The fourth-order valence-electron chi connectivity index (χ4n) is 2.91. The molecule has 2 atom stereocenters. The van der Waals surface area contributed by atoms with E-state index < -0.39 is 0 Å². The summed E-state index contributed by atoms with van der Waals surface area (Å²) < 4.78 is 0. The minimum atomic E-state index is -0.305. The van der Waals surface area contributed by atoms with Gasteiger partial charge in [0.05, 0.1) is 12.5 Å². The Bertz CT molecular complexity index is 542. The van der Waals surface area contributed by atoms with Gasteiger partial charge in [-0.05, 0) is 38.8 Å². The molecule has 2 rings (SSSR count). The number of hydrogen-bond donors (Lipinski definition) is 2. The lowest BCUT2D eigenvalue weighted by atomic mass is 9.85. The van der Waals surface area contributed by atoms with Crippen molar-refractivity contribution in [1.82, 2.24) is 5.32 Å². The van der Waals surface area contributed by atoms with Crippen LogP contribution in [0, 0.1) is 0 Å². The van der Waals surface area contributed by atoms with Crippen LogP contribution in [0.3, 0.4) is 0 Å². The molecule has 0 spiro atoms. The zero-order chi connectivity index (χ0) is 15.6. The number of rotatable bonds is 4. The van der Waals surface area contributed by atoms with Gasteiger partial charge in [-0.2, -0.15) is 0 Å². The van der Waals surface area contributed by atoms with Gasteiger partial charge in [-0.1, -0.05) is 18.2 Å². The van der Waals surface area contributed by atoms with Crippen molar-refractivity contribution in [3.05, 3.63) is 29.8 Å². The standard InChI is InChI=1S/C16H23N3O2/c1-10(2)18-15(20)9-19-11(3)8-13(16(17)21)12-6-4-5-7-14(12)19/h4-7,10-11,13H,8-9H2,1-3H3,(H2,17,21)(H,18,20). The SMILES string of the molecule is CC(C)NC(=O)CN1c2ccccc2C(C(N)=O)CC1C. The summed E-state index contributed by atoms with van der Waals surface area (Å²) in [7, 11) is 0. The summed E-state index contributed by atoms with van der Waals surface area (Å²) in [4.78, 5) is 25.8. The largest absolute Gasteiger partial charge is 0.369 e. The number of hydrogen-bond acceptors (Lipinski definition) is 3. The van der Waals surface area contributed by atoms with Crippen LogP contribution >= 0.6 is 0 Å². The molecule has 3 N–H and O–H groups in total. The van der Waals surface area contributed by atoms with Gasteiger partial charge in [0.1, 0.15) is 0 Å². The Kier molecular flexibility index (Phi) is 4.50. The summed E-state index contributed by atoms with van der Waals surface area (Å²) in [5.74, 6) is -0.592. The number of amides is 2. The smallest absolute Gasteiger partial charge is 0.239 e. The van der Waals surface area contributed by atoms with Crippen LogP contribution in [0.5, 0.6) is 0 Å². The number of primary amides is 1. The summed E-state index contributed by atoms with van der Waals surface area (Å²) in [6, 6.07) is 7.90. The molecular weight excluding hydrogens is 266 g/mol. The number of benzene rings is 1. The highest BCUT2D eigenvalue weighted by atomic mass is 16.2. The van der Waals surface area contributed by atoms with E-state index in [4.69, 9.17) is 5.73 Å². The number of fused-ring (bicyclic) bond motifs is 1. The lowest BCUT2D eigenvalue weighted by Gasteiger charge is -2.39. The monoisotopic (exact) mass is 289 g/mol. The third-order valence-corrected chi connectivity index (χ3v) is 3.84. The molecule has 114 valence electrons. The van der Waals surface area contributed by atoms with Gasteiger partial charge in [-0.3, -0.25) is 9.59 Å². The lowest BCUT2D eigenvalue weighted by molar-refractivity contribution is -0.120. The van der Waals surface area contributed by atoms with Crippen LogP contribution in [-0.4, -0.2) is 30.4 Å². The van der Waals surface area contributed by atoms with Gasteiger partial charge in [0.25, 0.3) is 0 Å². The predicted octanol–water partition coefficient (Wildman–Crippen LogP) is 1.38. The molecule has 21 heavy (non-hydrogen) atoms. The molecule has 5 nitrogen and oxygen atoms in total. The first-order valence-corrected chi connectivity index (χ1v) is 7.34. The minimum absolute atomic E-state index is 0.0100. The van der Waals surface area contributed by atoms with Crippen LogP contribution < -0.4 is 16.0 Å². The van der Waals surface area contributed by atoms with Crippen LogP contribution in [0.4, 0.5) is 5.69 Å². The van der Waals surface area contributed by atoms with E-state index in [0.717, 1.165) is 11.3 Å². The zero-order valence-corrected chi connectivity index (χ0v) is 12.8. The van der Waals surface area contributed by atoms with E-state index in [9.17, 15) is 9.59 Å². The van der Waals surface area contributed by atoms with Gasteiger partial charge in [-0.25, -0.2) is 0 Å². The Balaban J connectivity index is 2.28. The van der Waals surface area contributed by atoms with Gasteiger partial charge in [0.15, 0.2) is 0 Å². The number of nitrogens with two attached hydrogens (primary N) is 1. The average molecular weight is 289 g/mol. The van der Waals surface area contributed by atoms with Crippen molar-refractivity contribution in [3.8, 4) is 0 Å². The van der Waals surface area contributed by atoms with Crippen molar-refractivity contribution in [2.45, 2.75) is 45.2 Å². The first-order valence-electron chi connectivity index (χ1n) is 7.34. The number of nitrogens with one attached hydrogen (secondary N) is 1. The van der Waals surface area contributed by atoms with Gasteiger partial charge in [-0.15, -0.1) is 0 Å². The Morgan fingerprint density at radius 3 is 2.67 bits per heavy atom. The van der Waals surface area contributed by atoms with Crippen LogP contribution in [0.25, 0.3) is 0 Å². The maximum Gasteiger partial charge on any atom is 0.239 e. The van der Waals surface area contributed by atoms with E-state index in [1.807, 2.05) is 49.9 Å². The van der Waals surface area contributed by atoms with E-state index in [2.05, 4.69) is 5.32 Å². The number of nitrogens with zero attached hydrogens (tertiary/aromatic N) is 1. The number of carbonyl (C=O) groups is 2. The molecule has 1 aliphatic rings. The van der Waals surface area contributed by atoms with Crippen molar-refractivity contribution in [2.75, 3.05) is 11.4 Å². The second-order valence-electron chi connectivity index (χ2n) is 5.95. The lowest BCUT2D eigenvalue weighted by Crippen LogP contribution is -2.47. The maximum absolute atomic E-state index is 12.0. The average Bonchev–Trinajstić information content (AvgIpc) is 2.40. The van der Waals surface area contributed by atoms with Crippen molar-refractivity contribution in [2.24, 2.45) is 5.73 Å². The van der Waals surface area contributed by atoms with Gasteiger partial charge >= 0.3 is 0 Å². The maximum atomic E-state index is 12.0. The van der Waals surface area contributed by atoms with E-state index in [0.29, 0.717) is 13.0 Å². The summed E-state index contributed by atoms with van der Waals surface area (Å²) in [6.07, 6.45) is 0.640. The summed E-state index contributed by atoms with van der Waals surface area (Å²) in [6.45, 7) is 6.19. The molecule has 0 saturated carbocycles. The van der Waals surface area contributed by atoms with Crippen molar-refractivity contribution >= 4 is 17.5 Å². The van der Waals surface area contributed by atoms with Crippen molar-refractivity contribution < 1.29 is 9.59 Å². The summed E-state index contributed by atoms with van der Waals surface area (Å²) in [5, 5.41) is 2.90. The molecule has 2 amide bonds. The number of para-hydroxylation sites is 1. The third-order valence-electron chi connectivity index (χ3n) is 3.84. The molecule has 0 fully saturated rings. The van der Waals surface area contributed by atoms with E-state index >= 15 is 0 Å². The fourth-order valence-corrected chi connectivity index (χ4v) is 2.91. The van der Waals surface area contributed by atoms with Crippen LogP contribution in [0.2, 0.25) is 0 Å². The van der Waals surface area contributed by atoms with Gasteiger partial charge in [0.2, 0.25) is 11.8 Å². The molecule has 2 unspecified atom stereocenters. The second kappa shape index (κ2) is 6.16. The zero-order valence-electron chi connectivity index (χ0n) is 12.8. The Labute approximate surface area is 125 Å².